The van der Waals surface area contributed by atoms with Gasteiger partial charge in [-0.3, -0.25) is 10.1 Å². The van der Waals surface area contributed by atoms with Gasteiger partial charge in [0.15, 0.2) is 0 Å². The lowest BCUT2D eigenvalue weighted by Crippen LogP contribution is -2.52. The fourth-order valence-electron chi connectivity index (χ4n) is 5.95. The van der Waals surface area contributed by atoms with E-state index in [0.29, 0.717) is 25.9 Å². The van der Waals surface area contributed by atoms with Gasteiger partial charge in [-0.25, -0.2) is 14.4 Å². The number of carbonyl (C=O) groups excluding carboxylic acids is 4. The number of aliphatic imine (C=N–C) groups is 1. The number of carbonyl (C=O) groups is 4. The summed E-state index contributed by atoms with van der Waals surface area (Å²) in [4.78, 5) is 56.6. The number of nitrogens with two attached hydrogens (primary N) is 1. The second kappa shape index (κ2) is 30.3. The fourth-order valence-corrected chi connectivity index (χ4v) is 5.95. The van der Waals surface area contributed by atoms with Gasteiger partial charge in [0.2, 0.25) is 11.9 Å². The molecule has 0 saturated heterocycles. The molecule has 0 aliphatic carbocycles. The van der Waals surface area contributed by atoms with Crippen LogP contribution in [0.25, 0.3) is 0 Å². The summed E-state index contributed by atoms with van der Waals surface area (Å²) < 4.78 is 10.6. The van der Waals surface area contributed by atoms with Crippen LogP contribution in [0.3, 0.4) is 0 Å². The molecule has 53 heavy (non-hydrogen) atoms. The van der Waals surface area contributed by atoms with Crippen molar-refractivity contribution >= 4 is 30.1 Å². The van der Waals surface area contributed by atoms with Crippen molar-refractivity contribution in [3.8, 4) is 0 Å². The summed E-state index contributed by atoms with van der Waals surface area (Å²) in [5.41, 5.74) is 4.33. The summed E-state index contributed by atoms with van der Waals surface area (Å²) in [5.74, 6) is -0.357. The van der Waals surface area contributed by atoms with Gasteiger partial charge in [0.25, 0.3) is 0 Å². The van der Waals surface area contributed by atoms with Crippen LogP contribution in [0.2, 0.25) is 0 Å². The third-order valence-corrected chi connectivity index (χ3v) is 8.71. The highest BCUT2D eigenvalue weighted by Crippen LogP contribution is 2.15. The number of hydrogen-bond acceptors (Lipinski definition) is 6. The number of alkyl carbamates (subject to hydrolysis) is 1. The van der Waals surface area contributed by atoms with E-state index < -0.39 is 35.5 Å². The third kappa shape index (κ3) is 31.0. The van der Waals surface area contributed by atoms with Gasteiger partial charge in [-0.2, -0.15) is 0 Å². The maximum absolute atomic E-state index is 13.5. The second-order valence-electron chi connectivity index (χ2n) is 16.3. The summed E-state index contributed by atoms with van der Waals surface area (Å²) in [7, 11) is 0. The first-order valence-corrected chi connectivity index (χ1v) is 21.0. The number of nitrogens with zero attached hydrogens (tertiary/aromatic N) is 2. The number of ether oxygens (including phenoxy) is 2. The largest absolute Gasteiger partial charge is 0.444 e. The highest BCUT2D eigenvalue weighted by Gasteiger charge is 2.28. The molecule has 0 heterocycles. The standard InChI is InChI=1S/C41H80N6O6/c1-9-11-13-15-17-18-19-20-21-22-23-24-26-28-33-47(36(42)49)34(35(48)43-31-27-25-16-14-12-10-2)30-29-32-44-37(45-38(50)52-40(3,4)5)46-39(51)53-41(6,7)8/h34H,9-33H2,1-8H3,(H2,42,49)(H,43,48)(H2,44,45,46,50,51)/t34-/m0/s1. The predicted molar refractivity (Wildman–Crippen MR) is 217 cm³/mol. The molecule has 310 valence electrons. The topological polar surface area (TPSA) is 164 Å². The number of nitrogens with one attached hydrogen (secondary N) is 3. The number of hydrogen-bond donors (Lipinski definition) is 4. The first-order chi connectivity index (χ1) is 25.1. The molecule has 12 heteroatoms. The zero-order valence-corrected chi connectivity index (χ0v) is 35.2. The maximum Gasteiger partial charge on any atom is 0.437 e. The molecular weight excluding hydrogens is 672 g/mol. The first-order valence-electron chi connectivity index (χ1n) is 21.0. The maximum atomic E-state index is 13.5. The highest BCUT2D eigenvalue weighted by molar-refractivity contribution is 5.98. The van der Waals surface area contributed by atoms with Crippen molar-refractivity contribution in [2.45, 2.75) is 214 Å². The monoisotopic (exact) mass is 753 g/mol. The van der Waals surface area contributed by atoms with Crippen LogP contribution in [0.4, 0.5) is 14.4 Å². The van der Waals surface area contributed by atoms with Crippen molar-refractivity contribution in [2.24, 2.45) is 10.7 Å². The van der Waals surface area contributed by atoms with Gasteiger partial charge in [0, 0.05) is 19.6 Å². The van der Waals surface area contributed by atoms with E-state index in [9.17, 15) is 19.2 Å². The Morgan fingerprint density at radius 3 is 1.49 bits per heavy atom. The lowest BCUT2D eigenvalue weighted by atomic mass is 10.0. The van der Waals surface area contributed by atoms with E-state index in [0.717, 1.165) is 38.5 Å². The molecule has 1 atom stereocenters. The second-order valence-corrected chi connectivity index (χ2v) is 16.3. The molecule has 0 radical (unpaired) electrons. The van der Waals surface area contributed by atoms with Gasteiger partial charge >= 0.3 is 18.2 Å². The van der Waals surface area contributed by atoms with E-state index in [4.69, 9.17) is 15.2 Å². The van der Waals surface area contributed by atoms with E-state index in [1.54, 1.807) is 41.5 Å². The van der Waals surface area contributed by atoms with Crippen molar-refractivity contribution in [2.75, 3.05) is 19.6 Å². The number of rotatable bonds is 28. The summed E-state index contributed by atoms with van der Waals surface area (Å²) in [5, 5.41) is 8.48. The molecule has 12 nitrogen and oxygen atoms in total. The number of unbranched alkanes of at least 4 members (excludes halogenated alkanes) is 18. The number of primary amides is 1. The van der Waals surface area contributed by atoms with Crippen molar-refractivity contribution in [3.05, 3.63) is 0 Å². The van der Waals surface area contributed by atoms with Crippen LogP contribution in [-0.4, -0.2) is 71.9 Å². The average Bonchev–Trinajstić information content (AvgIpc) is 3.04. The Morgan fingerprint density at radius 1 is 0.604 bits per heavy atom. The lowest BCUT2D eigenvalue weighted by molar-refractivity contribution is -0.125. The Kier molecular flexibility index (Phi) is 28.6. The molecule has 0 bridgehead atoms. The van der Waals surface area contributed by atoms with E-state index in [2.05, 4.69) is 34.8 Å². The molecule has 5 N–H and O–H groups in total. The SMILES string of the molecule is CCCCCCCCCCCCCCCCN(C(N)=O)[C@@H](CCCN/C(=N/C(=O)OC(C)(C)C)NC(=O)OC(C)(C)C)C(=O)NCCCCCCCC. The predicted octanol–water partition coefficient (Wildman–Crippen LogP) is 9.88. The quantitative estimate of drug-likeness (QED) is 0.0351. The van der Waals surface area contributed by atoms with Crippen molar-refractivity contribution < 1.29 is 28.7 Å². The molecule has 0 spiro atoms. The smallest absolute Gasteiger partial charge is 0.437 e. The van der Waals surface area contributed by atoms with E-state index in [1.165, 1.54) is 94.8 Å². The van der Waals surface area contributed by atoms with E-state index in [-0.39, 0.29) is 18.4 Å². The molecule has 5 amide bonds. The summed E-state index contributed by atoms with van der Waals surface area (Å²) in [6.45, 7) is 16.0. The molecule has 0 aromatic carbocycles. The number of guanidine groups is 1. The zero-order chi connectivity index (χ0) is 40.0. The van der Waals surface area contributed by atoms with Crippen LogP contribution in [-0.2, 0) is 14.3 Å². The average molecular weight is 753 g/mol. The van der Waals surface area contributed by atoms with Crippen LogP contribution in [0.15, 0.2) is 4.99 Å². The van der Waals surface area contributed by atoms with Gasteiger partial charge in [0.05, 0.1) is 0 Å². The number of urea groups is 1. The van der Waals surface area contributed by atoms with Gasteiger partial charge in [-0.1, -0.05) is 129 Å². The van der Waals surface area contributed by atoms with Crippen LogP contribution < -0.4 is 21.7 Å². The van der Waals surface area contributed by atoms with Crippen LogP contribution in [0.5, 0.6) is 0 Å². The Hall–Kier alpha value is -3.05. The van der Waals surface area contributed by atoms with Crippen molar-refractivity contribution in [3.63, 3.8) is 0 Å². The highest BCUT2D eigenvalue weighted by atomic mass is 16.6. The Morgan fingerprint density at radius 2 is 1.04 bits per heavy atom. The van der Waals surface area contributed by atoms with E-state index in [1.807, 2.05) is 0 Å². The van der Waals surface area contributed by atoms with Gasteiger partial charge in [0.1, 0.15) is 17.2 Å². The Labute approximate surface area is 323 Å². The Bertz CT molecular complexity index is 1020. The van der Waals surface area contributed by atoms with Gasteiger partial charge in [-0.05, 0) is 67.2 Å². The van der Waals surface area contributed by atoms with Gasteiger partial charge in [-0.15, -0.1) is 4.99 Å². The lowest BCUT2D eigenvalue weighted by Gasteiger charge is -2.30. The number of amides is 5. The van der Waals surface area contributed by atoms with Crippen LogP contribution in [0.1, 0.15) is 197 Å². The van der Waals surface area contributed by atoms with Crippen molar-refractivity contribution in [1.82, 2.24) is 20.9 Å². The normalized spacial score (nSPS) is 12.6. The minimum atomic E-state index is -0.879. The van der Waals surface area contributed by atoms with Crippen LogP contribution in [0, 0.1) is 0 Å². The summed E-state index contributed by atoms with van der Waals surface area (Å²) >= 11 is 0. The molecule has 0 aliphatic rings. The minimum absolute atomic E-state index is 0.133. The molecule has 0 aromatic rings. The summed E-state index contributed by atoms with van der Waals surface area (Å²) in [6.07, 6.45) is 22.9. The van der Waals surface area contributed by atoms with Gasteiger partial charge < -0.3 is 30.7 Å². The van der Waals surface area contributed by atoms with Crippen LogP contribution >= 0.6 is 0 Å². The van der Waals surface area contributed by atoms with Crippen molar-refractivity contribution in [1.29, 1.82) is 0 Å². The molecule has 0 unspecified atom stereocenters. The third-order valence-electron chi connectivity index (χ3n) is 8.71. The molecule has 0 rings (SSSR count). The fraction of sp³-hybridized carbons (Fsp3) is 0.878. The molecule has 0 aliphatic heterocycles. The van der Waals surface area contributed by atoms with E-state index >= 15 is 0 Å². The molecule has 0 fully saturated rings. The zero-order valence-electron chi connectivity index (χ0n) is 35.2. The first kappa shape index (κ1) is 49.9. The summed E-state index contributed by atoms with van der Waals surface area (Å²) in [6, 6.07) is -1.37. The molecule has 0 aromatic heterocycles. The molecule has 0 saturated carbocycles. The minimum Gasteiger partial charge on any atom is -0.444 e. The Balaban J connectivity index is 5.25. The molecular formula is C41H80N6O6.